The van der Waals surface area contributed by atoms with Gasteiger partial charge in [-0.05, 0) is 58.2 Å². The summed E-state index contributed by atoms with van der Waals surface area (Å²) in [7, 11) is 0. The van der Waals surface area contributed by atoms with Crippen LogP contribution < -0.4 is 4.74 Å². The summed E-state index contributed by atoms with van der Waals surface area (Å²) in [4.78, 5) is 51.5. The van der Waals surface area contributed by atoms with Gasteiger partial charge < -0.3 is 19.1 Å². The molecule has 3 aromatic heterocycles. The second-order valence-electron chi connectivity index (χ2n) is 11.5. The largest absolute Gasteiger partial charge is 0.492 e. The molecule has 1 aromatic carbocycles. The Hall–Kier alpha value is -4.51. The number of aromatic nitrogens is 5. The third-order valence-corrected chi connectivity index (χ3v) is 8.44. The number of amides is 2. The van der Waals surface area contributed by atoms with E-state index < -0.39 is 0 Å². The van der Waals surface area contributed by atoms with Crippen molar-refractivity contribution in [3.05, 3.63) is 82.7 Å². The van der Waals surface area contributed by atoms with E-state index in [1.807, 2.05) is 49.2 Å². The topological polar surface area (TPSA) is 115 Å². The summed E-state index contributed by atoms with van der Waals surface area (Å²) in [6.45, 7) is 8.62. The molecule has 0 fully saturated rings. The van der Waals surface area contributed by atoms with E-state index in [2.05, 4.69) is 19.6 Å². The molecule has 12 heteroatoms. The number of ketones is 1. The number of imidazole rings is 1. The number of nitrogens with zero attached hydrogens (tertiary/aromatic N) is 7. The highest BCUT2D eigenvalue weighted by Crippen LogP contribution is 2.24. The lowest BCUT2D eigenvalue weighted by atomic mass is 10.1. The third kappa shape index (κ3) is 8.00. The van der Waals surface area contributed by atoms with Crippen molar-refractivity contribution in [2.24, 2.45) is 0 Å². The maximum Gasteiger partial charge on any atom is 0.255 e. The number of Topliss-reactive ketones (excluding diaryl/α,β-unsaturated/α-hetero) is 1. The molecular formula is C34H40ClN7O4. The number of benzene rings is 1. The lowest BCUT2D eigenvalue weighted by molar-refractivity contribution is -0.131. The van der Waals surface area contributed by atoms with E-state index in [9.17, 15) is 14.4 Å². The molecule has 2 amide bonds. The van der Waals surface area contributed by atoms with Crippen LogP contribution in [0, 0.1) is 13.8 Å². The van der Waals surface area contributed by atoms with Crippen LogP contribution >= 0.6 is 11.6 Å². The summed E-state index contributed by atoms with van der Waals surface area (Å²) in [5.41, 5.74) is 3.42. The highest BCUT2D eigenvalue weighted by molar-refractivity contribution is 6.30. The van der Waals surface area contributed by atoms with Gasteiger partial charge >= 0.3 is 0 Å². The third-order valence-electron chi connectivity index (χ3n) is 8.23. The molecule has 5 rings (SSSR count). The fourth-order valence-corrected chi connectivity index (χ4v) is 6.13. The first kappa shape index (κ1) is 32.9. The van der Waals surface area contributed by atoms with Gasteiger partial charge in [0.15, 0.2) is 5.78 Å². The molecule has 0 N–H and O–H groups in total. The Balaban J connectivity index is 1.34. The van der Waals surface area contributed by atoms with Crippen molar-refractivity contribution in [3.63, 3.8) is 0 Å². The molecule has 1 aliphatic rings. The Morgan fingerprint density at radius 3 is 2.50 bits per heavy atom. The van der Waals surface area contributed by atoms with Gasteiger partial charge in [0.05, 0.1) is 28.4 Å². The van der Waals surface area contributed by atoms with Gasteiger partial charge in [-0.3, -0.25) is 24.0 Å². The highest BCUT2D eigenvalue weighted by atomic mass is 35.5. The minimum absolute atomic E-state index is 0.0270. The van der Waals surface area contributed by atoms with E-state index >= 15 is 0 Å². The molecule has 0 saturated heterocycles. The van der Waals surface area contributed by atoms with E-state index in [0.29, 0.717) is 79.9 Å². The Bertz CT molecular complexity index is 1700. The number of fused-ring (bicyclic) bond motifs is 4. The summed E-state index contributed by atoms with van der Waals surface area (Å²) < 4.78 is 9.95. The van der Waals surface area contributed by atoms with Crippen molar-refractivity contribution in [2.45, 2.75) is 59.5 Å². The van der Waals surface area contributed by atoms with Crippen LogP contribution in [0.4, 0.5) is 0 Å². The number of hydrogen-bond acceptors (Lipinski definition) is 7. The molecule has 2 bridgehead atoms. The first-order valence-electron chi connectivity index (χ1n) is 15.7. The second-order valence-corrected chi connectivity index (χ2v) is 12.0. The molecule has 46 heavy (non-hydrogen) atoms. The van der Waals surface area contributed by atoms with E-state index in [-0.39, 0.29) is 24.0 Å². The zero-order valence-corrected chi connectivity index (χ0v) is 27.4. The van der Waals surface area contributed by atoms with Gasteiger partial charge in [0.2, 0.25) is 5.91 Å². The first-order valence-corrected chi connectivity index (χ1v) is 16.1. The zero-order chi connectivity index (χ0) is 32.6. The number of rotatable bonds is 5. The standard InChI is InChI=1S/C34H40ClN7O4/c1-24-32(26(3)43)25(2)42(38-24)16-10-31(44)39-12-4-5-13-41(34(45)28-20-29(35)23-36-22-28)18-19-46-30-9-6-8-27(21-30)33-37-11-17-40(33)15-7-14-39/h6,8-9,11,17,20-23H,4-5,7,10,12-16,18-19H2,1-3H3. The molecule has 4 heterocycles. The summed E-state index contributed by atoms with van der Waals surface area (Å²) in [6.07, 6.45) is 9.18. The highest BCUT2D eigenvalue weighted by Gasteiger charge is 2.20. The van der Waals surface area contributed by atoms with Crippen molar-refractivity contribution in [2.75, 3.05) is 32.8 Å². The lowest BCUT2D eigenvalue weighted by Gasteiger charge is -2.25. The van der Waals surface area contributed by atoms with E-state index in [0.717, 1.165) is 29.9 Å². The first-order chi connectivity index (χ1) is 22.2. The Kier molecular flexibility index (Phi) is 10.8. The summed E-state index contributed by atoms with van der Waals surface area (Å²) >= 11 is 6.13. The average Bonchev–Trinajstić information content (AvgIpc) is 3.62. The molecule has 0 unspecified atom stereocenters. The van der Waals surface area contributed by atoms with Crippen molar-refractivity contribution >= 4 is 29.2 Å². The number of hydrogen-bond donors (Lipinski definition) is 0. The molecule has 0 atom stereocenters. The van der Waals surface area contributed by atoms with Crippen LogP contribution in [0.1, 0.15) is 64.7 Å². The molecule has 4 aromatic rings. The van der Waals surface area contributed by atoms with Gasteiger partial charge in [-0.25, -0.2) is 4.98 Å². The molecule has 0 spiro atoms. The van der Waals surface area contributed by atoms with Crippen LogP contribution in [-0.4, -0.2) is 84.5 Å². The SMILES string of the molecule is CC(=O)c1c(C)nn(CCC(=O)N2CCCCN(C(=O)c3cncc(Cl)c3)CCOc3cccc(c3)-c3nccn3CCC2)c1C. The number of halogens is 1. The van der Waals surface area contributed by atoms with Gasteiger partial charge in [-0.1, -0.05) is 23.7 Å². The Morgan fingerprint density at radius 2 is 1.74 bits per heavy atom. The maximum absolute atomic E-state index is 13.6. The van der Waals surface area contributed by atoms with Crippen molar-refractivity contribution in [1.82, 2.24) is 34.1 Å². The Labute approximate surface area is 274 Å². The second kappa shape index (κ2) is 15.2. The summed E-state index contributed by atoms with van der Waals surface area (Å²) in [5, 5.41) is 4.91. The van der Waals surface area contributed by atoms with Gasteiger partial charge in [0, 0.05) is 75.2 Å². The van der Waals surface area contributed by atoms with Crippen LogP contribution in [0.25, 0.3) is 11.4 Å². The molecule has 0 radical (unpaired) electrons. The van der Waals surface area contributed by atoms with E-state index in [4.69, 9.17) is 16.3 Å². The number of pyridine rings is 1. The summed E-state index contributed by atoms with van der Waals surface area (Å²) in [5.74, 6) is 1.35. The van der Waals surface area contributed by atoms with Crippen LogP contribution in [0.5, 0.6) is 5.75 Å². The van der Waals surface area contributed by atoms with Gasteiger partial charge in [-0.15, -0.1) is 0 Å². The van der Waals surface area contributed by atoms with Crippen molar-refractivity contribution in [3.8, 4) is 17.1 Å². The maximum atomic E-state index is 13.6. The molecule has 11 nitrogen and oxygen atoms in total. The molecular weight excluding hydrogens is 606 g/mol. The molecule has 242 valence electrons. The van der Waals surface area contributed by atoms with Gasteiger partial charge in [-0.2, -0.15) is 5.10 Å². The van der Waals surface area contributed by atoms with Gasteiger partial charge in [0.1, 0.15) is 18.2 Å². The zero-order valence-electron chi connectivity index (χ0n) is 26.6. The Morgan fingerprint density at radius 1 is 0.957 bits per heavy atom. The van der Waals surface area contributed by atoms with Crippen LogP contribution in [0.2, 0.25) is 5.02 Å². The predicted octanol–water partition coefficient (Wildman–Crippen LogP) is 5.24. The smallest absolute Gasteiger partial charge is 0.255 e. The number of carbonyl (C=O) groups excluding carboxylic acids is 3. The molecule has 0 aliphatic carbocycles. The van der Waals surface area contributed by atoms with Crippen LogP contribution in [0.3, 0.4) is 0 Å². The normalized spacial score (nSPS) is 14.7. The number of ether oxygens (including phenoxy) is 1. The minimum Gasteiger partial charge on any atom is -0.492 e. The average molecular weight is 646 g/mol. The molecule has 1 aliphatic heterocycles. The van der Waals surface area contributed by atoms with Crippen LogP contribution in [-0.2, 0) is 17.9 Å². The quantitative estimate of drug-likeness (QED) is 0.273. The van der Waals surface area contributed by atoms with Crippen molar-refractivity contribution < 1.29 is 19.1 Å². The van der Waals surface area contributed by atoms with Gasteiger partial charge in [0.25, 0.3) is 5.91 Å². The van der Waals surface area contributed by atoms with E-state index in [1.54, 1.807) is 21.8 Å². The number of aryl methyl sites for hydroxylation is 3. The van der Waals surface area contributed by atoms with Crippen LogP contribution in [0.15, 0.2) is 55.1 Å². The fraction of sp³-hybridized carbons (Fsp3) is 0.412. The number of carbonyl (C=O) groups is 3. The fourth-order valence-electron chi connectivity index (χ4n) is 5.96. The monoisotopic (exact) mass is 645 g/mol. The summed E-state index contributed by atoms with van der Waals surface area (Å²) in [6, 6.07) is 9.40. The lowest BCUT2D eigenvalue weighted by Crippen LogP contribution is -2.37. The van der Waals surface area contributed by atoms with E-state index in [1.165, 1.54) is 19.3 Å². The molecule has 0 saturated carbocycles. The van der Waals surface area contributed by atoms with Crippen molar-refractivity contribution in [1.29, 1.82) is 0 Å². The minimum atomic E-state index is -0.171. The predicted molar refractivity (Wildman–Crippen MR) is 175 cm³/mol.